The van der Waals surface area contributed by atoms with Gasteiger partial charge in [0.2, 0.25) is 0 Å². The molecule has 4 heteroatoms. The molecule has 0 unspecified atom stereocenters. The van der Waals surface area contributed by atoms with Crippen molar-refractivity contribution >= 4 is 11.6 Å². The maximum Gasteiger partial charge on any atom is 0.265 e. The summed E-state index contributed by atoms with van der Waals surface area (Å²) in [6.45, 7) is 6.64. The summed E-state index contributed by atoms with van der Waals surface area (Å²) in [6, 6.07) is 25.5. The van der Waals surface area contributed by atoms with Crippen LogP contribution in [0, 0.1) is 0 Å². The third-order valence-corrected chi connectivity index (χ3v) is 4.85. The molecule has 0 saturated carbocycles. The summed E-state index contributed by atoms with van der Waals surface area (Å²) in [5.41, 5.74) is 3.20. The number of nitrogens with one attached hydrogen (secondary N) is 1. The number of benzene rings is 3. The van der Waals surface area contributed by atoms with Crippen molar-refractivity contribution in [2.75, 3.05) is 11.9 Å². The largest absolute Gasteiger partial charge is 0.493 e. The van der Waals surface area contributed by atoms with E-state index in [0.29, 0.717) is 24.0 Å². The van der Waals surface area contributed by atoms with Gasteiger partial charge in [0.05, 0.1) is 6.61 Å². The van der Waals surface area contributed by atoms with Crippen LogP contribution in [0.15, 0.2) is 78.9 Å². The zero-order chi connectivity index (χ0) is 21.3. The smallest absolute Gasteiger partial charge is 0.265 e. The minimum Gasteiger partial charge on any atom is -0.493 e. The van der Waals surface area contributed by atoms with Crippen molar-refractivity contribution in [2.24, 2.45) is 0 Å². The van der Waals surface area contributed by atoms with E-state index in [9.17, 15) is 4.79 Å². The molecule has 1 atom stereocenters. The second kappa shape index (κ2) is 10.5. The summed E-state index contributed by atoms with van der Waals surface area (Å²) < 4.78 is 11.6. The Morgan fingerprint density at radius 1 is 0.833 bits per heavy atom. The average Bonchev–Trinajstić information content (AvgIpc) is 2.76. The van der Waals surface area contributed by atoms with E-state index in [4.69, 9.17) is 9.47 Å². The first-order valence-corrected chi connectivity index (χ1v) is 10.4. The van der Waals surface area contributed by atoms with Gasteiger partial charge in [0.25, 0.3) is 5.91 Å². The fourth-order valence-electron chi connectivity index (χ4n) is 3.00. The van der Waals surface area contributed by atoms with Crippen molar-refractivity contribution in [1.29, 1.82) is 0 Å². The van der Waals surface area contributed by atoms with Gasteiger partial charge in [-0.15, -0.1) is 0 Å². The molecule has 0 radical (unpaired) electrons. The van der Waals surface area contributed by atoms with Crippen LogP contribution in [0.5, 0.6) is 11.5 Å². The van der Waals surface area contributed by atoms with Gasteiger partial charge in [-0.1, -0.05) is 56.3 Å². The van der Waals surface area contributed by atoms with E-state index in [1.165, 1.54) is 11.1 Å². The lowest BCUT2D eigenvalue weighted by Gasteiger charge is -2.16. The van der Waals surface area contributed by atoms with Crippen LogP contribution >= 0.6 is 0 Å². The van der Waals surface area contributed by atoms with E-state index in [0.717, 1.165) is 12.2 Å². The molecule has 3 rings (SSSR count). The minimum atomic E-state index is -0.600. The summed E-state index contributed by atoms with van der Waals surface area (Å²) >= 11 is 0. The molecule has 4 nitrogen and oxygen atoms in total. The van der Waals surface area contributed by atoms with Crippen LogP contribution in [-0.4, -0.2) is 18.6 Å². The fourth-order valence-corrected chi connectivity index (χ4v) is 3.00. The highest BCUT2D eigenvalue weighted by atomic mass is 16.5. The van der Waals surface area contributed by atoms with Gasteiger partial charge in [-0.25, -0.2) is 0 Å². The van der Waals surface area contributed by atoms with Gasteiger partial charge in [-0.2, -0.15) is 0 Å². The second-order valence-electron chi connectivity index (χ2n) is 7.58. The maximum atomic E-state index is 12.4. The molecule has 0 bridgehead atoms. The lowest BCUT2D eigenvalue weighted by Crippen LogP contribution is -2.30. The van der Waals surface area contributed by atoms with Gasteiger partial charge in [0.15, 0.2) is 6.10 Å². The molecule has 1 N–H and O–H groups in total. The highest BCUT2D eigenvalue weighted by Gasteiger charge is 2.15. The van der Waals surface area contributed by atoms with Crippen LogP contribution in [0.1, 0.15) is 37.8 Å². The van der Waals surface area contributed by atoms with E-state index in [1.54, 1.807) is 6.92 Å². The van der Waals surface area contributed by atoms with Crippen molar-refractivity contribution in [3.63, 3.8) is 0 Å². The molecule has 1 amide bonds. The molecule has 0 spiro atoms. The van der Waals surface area contributed by atoms with Crippen molar-refractivity contribution in [2.45, 2.75) is 39.2 Å². The molecule has 3 aromatic carbocycles. The standard InChI is InChI=1S/C26H29NO3/c1-19(2)22-9-13-25(14-10-22)30-20(3)26(28)27-23-11-15-24(16-12-23)29-18-17-21-7-5-4-6-8-21/h4-16,19-20H,17-18H2,1-3H3,(H,27,28)/t20-/m1/s1. The number of carbonyl (C=O) groups is 1. The number of hydrogen-bond acceptors (Lipinski definition) is 3. The van der Waals surface area contributed by atoms with Gasteiger partial charge >= 0.3 is 0 Å². The Bertz CT molecular complexity index is 919. The van der Waals surface area contributed by atoms with Crippen LogP contribution in [0.2, 0.25) is 0 Å². The van der Waals surface area contributed by atoms with Crippen LogP contribution in [0.25, 0.3) is 0 Å². The van der Waals surface area contributed by atoms with E-state index >= 15 is 0 Å². The van der Waals surface area contributed by atoms with Gasteiger partial charge in [0.1, 0.15) is 11.5 Å². The van der Waals surface area contributed by atoms with Gasteiger partial charge in [0, 0.05) is 12.1 Å². The zero-order valence-electron chi connectivity index (χ0n) is 17.8. The van der Waals surface area contributed by atoms with E-state index in [2.05, 4.69) is 31.3 Å². The molecule has 0 aliphatic heterocycles. The Hall–Kier alpha value is -3.27. The lowest BCUT2D eigenvalue weighted by atomic mass is 10.0. The number of hydrogen-bond donors (Lipinski definition) is 1. The summed E-state index contributed by atoms with van der Waals surface area (Å²) in [7, 11) is 0. The normalized spacial score (nSPS) is 11.7. The molecule has 0 heterocycles. The summed E-state index contributed by atoms with van der Waals surface area (Å²) in [4.78, 5) is 12.4. The Morgan fingerprint density at radius 2 is 1.47 bits per heavy atom. The number of amides is 1. The van der Waals surface area contributed by atoms with Gasteiger partial charge in [-0.05, 0) is 60.4 Å². The van der Waals surface area contributed by atoms with Crippen LogP contribution in [0.3, 0.4) is 0 Å². The molecule has 0 aliphatic rings. The van der Waals surface area contributed by atoms with Gasteiger partial charge in [-0.3, -0.25) is 4.79 Å². The maximum absolute atomic E-state index is 12.4. The Kier molecular flexibility index (Phi) is 7.50. The second-order valence-corrected chi connectivity index (χ2v) is 7.58. The van der Waals surface area contributed by atoms with Gasteiger partial charge < -0.3 is 14.8 Å². The van der Waals surface area contributed by atoms with Crippen molar-refractivity contribution in [1.82, 2.24) is 0 Å². The summed E-state index contributed by atoms with van der Waals surface area (Å²) in [6.07, 6.45) is 0.253. The molecule has 0 saturated heterocycles. The van der Waals surface area contributed by atoms with Crippen molar-refractivity contribution in [3.8, 4) is 11.5 Å². The number of rotatable bonds is 9. The Balaban J connectivity index is 1.46. The first-order valence-electron chi connectivity index (χ1n) is 10.4. The van der Waals surface area contributed by atoms with E-state index in [1.807, 2.05) is 66.7 Å². The first-order chi connectivity index (χ1) is 14.5. The first kappa shape index (κ1) is 21.4. The van der Waals surface area contributed by atoms with E-state index in [-0.39, 0.29) is 5.91 Å². The molecule has 156 valence electrons. The monoisotopic (exact) mass is 403 g/mol. The fraction of sp³-hybridized carbons (Fsp3) is 0.269. The SMILES string of the molecule is CC(C)c1ccc(O[C@H](C)C(=O)Nc2ccc(OCCc3ccccc3)cc2)cc1. The third kappa shape index (κ3) is 6.38. The molecule has 0 aliphatic carbocycles. The quantitative estimate of drug-likeness (QED) is 0.488. The van der Waals surface area contributed by atoms with Crippen LogP contribution in [0.4, 0.5) is 5.69 Å². The lowest BCUT2D eigenvalue weighted by molar-refractivity contribution is -0.122. The predicted molar refractivity (Wildman–Crippen MR) is 121 cm³/mol. The molecule has 0 aromatic heterocycles. The van der Waals surface area contributed by atoms with Crippen LogP contribution in [-0.2, 0) is 11.2 Å². The Labute approximate surface area is 178 Å². The number of anilines is 1. The highest BCUT2D eigenvalue weighted by molar-refractivity contribution is 5.94. The number of carbonyl (C=O) groups excluding carboxylic acids is 1. The molecular formula is C26H29NO3. The van der Waals surface area contributed by atoms with Crippen LogP contribution < -0.4 is 14.8 Å². The Morgan fingerprint density at radius 3 is 2.10 bits per heavy atom. The molecule has 30 heavy (non-hydrogen) atoms. The number of ether oxygens (including phenoxy) is 2. The minimum absolute atomic E-state index is 0.194. The topological polar surface area (TPSA) is 47.6 Å². The average molecular weight is 404 g/mol. The molecule has 0 fully saturated rings. The third-order valence-electron chi connectivity index (χ3n) is 4.85. The molecular weight excluding hydrogens is 374 g/mol. The van der Waals surface area contributed by atoms with Crippen molar-refractivity contribution in [3.05, 3.63) is 90.0 Å². The van der Waals surface area contributed by atoms with E-state index < -0.39 is 6.10 Å². The predicted octanol–water partition coefficient (Wildman–Crippen LogP) is 5.84. The van der Waals surface area contributed by atoms with Crippen molar-refractivity contribution < 1.29 is 14.3 Å². The summed E-state index contributed by atoms with van der Waals surface area (Å²) in [5.74, 6) is 1.73. The highest BCUT2D eigenvalue weighted by Crippen LogP contribution is 2.20. The zero-order valence-corrected chi connectivity index (χ0v) is 17.8. The molecule has 3 aromatic rings. The summed E-state index contributed by atoms with van der Waals surface area (Å²) in [5, 5.41) is 2.88.